The van der Waals surface area contributed by atoms with Crippen LogP contribution in [0, 0.1) is 10.1 Å². The SMILES string of the molecule is CCCCC(=O)CNC(=O)c1ccc([N+](=O)[O-])cc1. The van der Waals surface area contributed by atoms with Gasteiger partial charge in [-0.05, 0) is 18.6 Å². The largest absolute Gasteiger partial charge is 0.345 e. The standard InChI is InChI=1S/C13H16N2O4/c1-2-3-4-12(16)9-14-13(17)10-5-7-11(8-6-10)15(18)19/h5-8H,2-4,9H2,1H3,(H,14,17). The molecule has 0 saturated heterocycles. The van der Waals surface area contributed by atoms with Gasteiger partial charge < -0.3 is 5.32 Å². The summed E-state index contributed by atoms with van der Waals surface area (Å²) in [6.45, 7) is 1.98. The molecule has 0 aromatic heterocycles. The maximum Gasteiger partial charge on any atom is 0.269 e. The van der Waals surface area contributed by atoms with Crippen molar-refractivity contribution < 1.29 is 14.5 Å². The van der Waals surface area contributed by atoms with Crippen molar-refractivity contribution in [2.24, 2.45) is 0 Å². The first-order valence-corrected chi connectivity index (χ1v) is 6.09. The number of Topliss-reactive ketones (excluding diaryl/α,β-unsaturated/α-hetero) is 1. The van der Waals surface area contributed by atoms with E-state index in [1.807, 2.05) is 6.92 Å². The number of amides is 1. The second-order valence-corrected chi connectivity index (χ2v) is 4.13. The van der Waals surface area contributed by atoms with E-state index in [1.165, 1.54) is 24.3 Å². The fourth-order valence-corrected chi connectivity index (χ4v) is 1.48. The van der Waals surface area contributed by atoms with Crippen molar-refractivity contribution in [3.8, 4) is 0 Å². The molecule has 0 bridgehead atoms. The van der Waals surface area contributed by atoms with Gasteiger partial charge in [0.1, 0.15) is 0 Å². The van der Waals surface area contributed by atoms with Gasteiger partial charge in [-0.1, -0.05) is 13.3 Å². The topological polar surface area (TPSA) is 89.3 Å². The van der Waals surface area contributed by atoms with Crippen LogP contribution in [-0.4, -0.2) is 23.2 Å². The molecule has 0 atom stereocenters. The van der Waals surface area contributed by atoms with Crippen molar-refractivity contribution >= 4 is 17.4 Å². The maximum absolute atomic E-state index is 11.7. The molecule has 1 aromatic carbocycles. The van der Waals surface area contributed by atoms with Crippen molar-refractivity contribution in [3.63, 3.8) is 0 Å². The summed E-state index contributed by atoms with van der Waals surface area (Å²) >= 11 is 0. The van der Waals surface area contributed by atoms with Crippen LogP contribution < -0.4 is 5.32 Å². The molecule has 0 saturated carbocycles. The van der Waals surface area contributed by atoms with Gasteiger partial charge in [0.25, 0.3) is 11.6 Å². The minimum atomic E-state index is -0.532. The summed E-state index contributed by atoms with van der Waals surface area (Å²) in [6, 6.07) is 5.25. The first-order valence-electron chi connectivity index (χ1n) is 6.09. The third-order valence-corrected chi connectivity index (χ3v) is 2.60. The fourth-order valence-electron chi connectivity index (χ4n) is 1.48. The van der Waals surface area contributed by atoms with Crippen molar-refractivity contribution in [3.05, 3.63) is 39.9 Å². The molecule has 1 rings (SSSR count). The van der Waals surface area contributed by atoms with Crippen LogP contribution in [0.3, 0.4) is 0 Å². The smallest absolute Gasteiger partial charge is 0.269 e. The monoisotopic (exact) mass is 264 g/mol. The number of nitrogens with one attached hydrogen (secondary N) is 1. The number of nitro groups is 1. The van der Waals surface area contributed by atoms with Crippen LogP contribution in [0.2, 0.25) is 0 Å². The highest BCUT2D eigenvalue weighted by Crippen LogP contribution is 2.11. The van der Waals surface area contributed by atoms with E-state index in [9.17, 15) is 19.7 Å². The zero-order valence-corrected chi connectivity index (χ0v) is 10.7. The number of benzene rings is 1. The molecular weight excluding hydrogens is 248 g/mol. The van der Waals surface area contributed by atoms with E-state index in [-0.39, 0.29) is 18.0 Å². The minimum Gasteiger partial charge on any atom is -0.345 e. The molecule has 1 amide bonds. The number of hydrogen-bond acceptors (Lipinski definition) is 4. The van der Waals surface area contributed by atoms with E-state index >= 15 is 0 Å². The van der Waals surface area contributed by atoms with Crippen LogP contribution in [0.25, 0.3) is 0 Å². The van der Waals surface area contributed by atoms with Crippen LogP contribution in [0.1, 0.15) is 36.5 Å². The highest BCUT2D eigenvalue weighted by atomic mass is 16.6. The minimum absolute atomic E-state index is 0.00415. The van der Waals surface area contributed by atoms with Gasteiger partial charge in [-0.25, -0.2) is 0 Å². The van der Waals surface area contributed by atoms with Crippen LogP contribution >= 0.6 is 0 Å². The van der Waals surface area contributed by atoms with E-state index in [0.717, 1.165) is 12.8 Å². The number of nitro benzene ring substituents is 1. The Morgan fingerprint density at radius 3 is 2.42 bits per heavy atom. The molecule has 0 spiro atoms. The summed E-state index contributed by atoms with van der Waals surface area (Å²) in [5, 5.41) is 13.0. The number of carbonyl (C=O) groups is 2. The van der Waals surface area contributed by atoms with Gasteiger partial charge in [0, 0.05) is 24.1 Å². The fraction of sp³-hybridized carbons (Fsp3) is 0.385. The lowest BCUT2D eigenvalue weighted by molar-refractivity contribution is -0.384. The van der Waals surface area contributed by atoms with Gasteiger partial charge in [0.15, 0.2) is 5.78 Å². The van der Waals surface area contributed by atoms with E-state index in [2.05, 4.69) is 5.32 Å². The second-order valence-electron chi connectivity index (χ2n) is 4.13. The summed E-state index contributed by atoms with van der Waals surface area (Å²) in [4.78, 5) is 33.0. The van der Waals surface area contributed by atoms with Crippen molar-refractivity contribution in [2.45, 2.75) is 26.2 Å². The third kappa shape index (κ3) is 4.87. The van der Waals surface area contributed by atoms with Gasteiger partial charge >= 0.3 is 0 Å². The zero-order valence-electron chi connectivity index (χ0n) is 10.7. The van der Waals surface area contributed by atoms with Crippen molar-refractivity contribution in [1.29, 1.82) is 0 Å². The molecule has 0 aliphatic rings. The molecule has 0 heterocycles. The number of ketones is 1. The summed E-state index contributed by atoms with van der Waals surface area (Å²) in [5.74, 6) is -0.420. The quantitative estimate of drug-likeness (QED) is 0.603. The summed E-state index contributed by atoms with van der Waals surface area (Å²) in [5.41, 5.74) is 0.226. The van der Waals surface area contributed by atoms with Crippen molar-refractivity contribution in [2.75, 3.05) is 6.54 Å². The maximum atomic E-state index is 11.7. The van der Waals surface area contributed by atoms with E-state index in [4.69, 9.17) is 0 Å². The molecule has 1 aromatic rings. The highest BCUT2D eigenvalue weighted by molar-refractivity contribution is 5.96. The van der Waals surface area contributed by atoms with Gasteiger partial charge in [0.05, 0.1) is 11.5 Å². The molecule has 1 N–H and O–H groups in total. The Labute approximate surface area is 111 Å². The van der Waals surface area contributed by atoms with E-state index in [1.54, 1.807) is 0 Å². The molecule has 6 heteroatoms. The first-order chi connectivity index (χ1) is 9.04. The summed E-state index contributed by atoms with van der Waals surface area (Å²) < 4.78 is 0. The van der Waals surface area contributed by atoms with Gasteiger partial charge in [-0.15, -0.1) is 0 Å². The average molecular weight is 264 g/mol. The lowest BCUT2D eigenvalue weighted by atomic mass is 10.1. The summed E-state index contributed by atoms with van der Waals surface area (Å²) in [7, 11) is 0. The van der Waals surface area contributed by atoms with Crippen LogP contribution in [0.5, 0.6) is 0 Å². The molecule has 0 aliphatic heterocycles. The predicted octanol–water partition coefficient (Wildman–Crippen LogP) is 2.08. The molecule has 6 nitrogen and oxygen atoms in total. The Morgan fingerprint density at radius 2 is 1.89 bits per heavy atom. The molecule has 19 heavy (non-hydrogen) atoms. The van der Waals surface area contributed by atoms with Gasteiger partial charge in [-0.3, -0.25) is 19.7 Å². The van der Waals surface area contributed by atoms with E-state index in [0.29, 0.717) is 12.0 Å². The van der Waals surface area contributed by atoms with Crippen LogP contribution in [0.4, 0.5) is 5.69 Å². The Kier molecular flexibility index (Phi) is 5.66. The normalized spacial score (nSPS) is 9.95. The zero-order chi connectivity index (χ0) is 14.3. The van der Waals surface area contributed by atoms with Gasteiger partial charge in [-0.2, -0.15) is 0 Å². The molecule has 102 valence electrons. The number of carbonyl (C=O) groups excluding carboxylic acids is 2. The second kappa shape index (κ2) is 7.25. The Morgan fingerprint density at radius 1 is 1.26 bits per heavy atom. The van der Waals surface area contributed by atoms with Crippen molar-refractivity contribution in [1.82, 2.24) is 5.32 Å². The predicted molar refractivity (Wildman–Crippen MR) is 70.0 cm³/mol. The average Bonchev–Trinajstić information content (AvgIpc) is 2.42. The lowest BCUT2D eigenvalue weighted by Gasteiger charge is -2.04. The molecular formula is C13H16N2O4. The number of unbranched alkanes of at least 4 members (excludes halogenated alkanes) is 1. The Hall–Kier alpha value is -2.24. The first kappa shape index (κ1) is 14.8. The van der Waals surface area contributed by atoms with E-state index < -0.39 is 10.8 Å². The number of hydrogen-bond donors (Lipinski definition) is 1. The van der Waals surface area contributed by atoms with Gasteiger partial charge in [0.2, 0.25) is 0 Å². The molecule has 0 fully saturated rings. The highest BCUT2D eigenvalue weighted by Gasteiger charge is 2.10. The summed E-state index contributed by atoms with van der Waals surface area (Å²) in [6.07, 6.45) is 2.20. The van der Waals surface area contributed by atoms with Crippen LogP contribution in [-0.2, 0) is 4.79 Å². The number of nitrogens with zero attached hydrogens (tertiary/aromatic N) is 1. The Balaban J connectivity index is 2.49. The Bertz CT molecular complexity index is 468. The van der Waals surface area contributed by atoms with Crippen LogP contribution in [0.15, 0.2) is 24.3 Å². The lowest BCUT2D eigenvalue weighted by Crippen LogP contribution is -2.29. The molecule has 0 radical (unpaired) electrons. The molecule has 0 aliphatic carbocycles. The number of non-ortho nitro benzene ring substituents is 1. The number of rotatable bonds is 7. The molecule has 0 unspecified atom stereocenters. The third-order valence-electron chi connectivity index (χ3n) is 2.60.